The first kappa shape index (κ1) is 17.8. The number of likely N-dealkylation sites (tertiary alicyclic amines) is 1. The summed E-state index contributed by atoms with van der Waals surface area (Å²) in [6.07, 6.45) is 3.36. The van der Waals surface area contributed by atoms with Crippen LogP contribution >= 0.6 is 0 Å². The summed E-state index contributed by atoms with van der Waals surface area (Å²) in [5.74, 6) is -0.0592. The molecule has 0 aliphatic carbocycles. The highest BCUT2D eigenvalue weighted by atomic mass is 16.3. The van der Waals surface area contributed by atoms with Gasteiger partial charge in [-0.3, -0.25) is 9.69 Å². The molecule has 0 radical (unpaired) electrons. The summed E-state index contributed by atoms with van der Waals surface area (Å²) in [4.78, 5) is 18.2. The van der Waals surface area contributed by atoms with Gasteiger partial charge in [0.15, 0.2) is 0 Å². The number of H-pyrrole nitrogens is 1. The first-order chi connectivity index (χ1) is 13.2. The van der Waals surface area contributed by atoms with Crippen LogP contribution in [0.3, 0.4) is 0 Å². The lowest BCUT2D eigenvalue weighted by Crippen LogP contribution is -2.35. The molecule has 2 heterocycles. The molecule has 1 aromatic heterocycles. The number of aliphatic hydroxyl groups excluding tert-OH is 1. The molecule has 1 aliphatic rings. The van der Waals surface area contributed by atoms with Gasteiger partial charge in [0, 0.05) is 48.8 Å². The molecule has 1 aliphatic heterocycles. The minimum atomic E-state index is -0.160. The molecule has 0 spiro atoms. The van der Waals surface area contributed by atoms with Crippen LogP contribution < -0.4 is 5.32 Å². The molecule has 0 unspecified atom stereocenters. The van der Waals surface area contributed by atoms with Crippen LogP contribution in [-0.2, 0) is 13.1 Å². The number of benzene rings is 2. The molecule has 4 rings (SSSR count). The highest BCUT2D eigenvalue weighted by molar-refractivity contribution is 6.06. The summed E-state index contributed by atoms with van der Waals surface area (Å²) < 4.78 is 0. The van der Waals surface area contributed by atoms with E-state index in [0.29, 0.717) is 12.1 Å². The third-order valence-corrected chi connectivity index (χ3v) is 5.35. The van der Waals surface area contributed by atoms with Crippen LogP contribution in [-0.4, -0.2) is 40.1 Å². The van der Waals surface area contributed by atoms with Crippen molar-refractivity contribution in [3.8, 4) is 0 Å². The predicted molar refractivity (Wildman–Crippen MR) is 106 cm³/mol. The van der Waals surface area contributed by atoms with Crippen molar-refractivity contribution in [3.05, 3.63) is 71.4 Å². The van der Waals surface area contributed by atoms with Crippen molar-refractivity contribution < 1.29 is 9.90 Å². The molecule has 1 fully saturated rings. The number of piperidine rings is 1. The van der Waals surface area contributed by atoms with E-state index in [2.05, 4.69) is 27.3 Å². The Labute approximate surface area is 159 Å². The number of aromatic amines is 1. The van der Waals surface area contributed by atoms with Crippen LogP contribution in [0.4, 0.5) is 0 Å². The van der Waals surface area contributed by atoms with Gasteiger partial charge >= 0.3 is 0 Å². The van der Waals surface area contributed by atoms with E-state index in [9.17, 15) is 9.90 Å². The molecule has 3 N–H and O–H groups in total. The Bertz CT molecular complexity index is 926. The van der Waals surface area contributed by atoms with Crippen LogP contribution in [0.2, 0.25) is 0 Å². The number of amides is 1. The molecule has 2 aromatic carbocycles. The maximum atomic E-state index is 12.7. The van der Waals surface area contributed by atoms with E-state index in [-0.39, 0.29) is 12.0 Å². The number of rotatable bonds is 5. The van der Waals surface area contributed by atoms with E-state index in [4.69, 9.17) is 0 Å². The van der Waals surface area contributed by atoms with E-state index >= 15 is 0 Å². The van der Waals surface area contributed by atoms with Crippen LogP contribution in [0, 0.1) is 0 Å². The number of hydrogen-bond donors (Lipinski definition) is 3. The van der Waals surface area contributed by atoms with Crippen LogP contribution in [0.5, 0.6) is 0 Å². The first-order valence-electron chi connectivity index (χ1n) is 9.52. The summed E-state index contributed by atoms with van der Waals surface area (Å²) in [6.45, 7) is 3.19. The fraction of sp³-hybridized carbons (Fsp3) is 0.318. The quantitative estimate of drug-likeness (QED) is 0.653. The van der Waals surface area contributed by atoms with E-state index in [1.807, 2.05) is 42.6 Å². The SMILES string of the molecule is O=C(NCc1ccccc1CN1CCC(O)CC1)c1cccc2[nH]ccc12. The van der Waals surface area contributed by atoms with Gasteiger partial charge in [-0.15, -0.1) is 0 Å². The molecule has 0 atom stereocenters. The third-order valence-electron chi connectivity index (χ3n) is 5.35. The molecule has 27 heavy (non-hydrogen) atoms. The molecule has 3 aromatic rings. The molecule has 5 nitrogen and oxygen atoms in total. The topological polar surface area (TPSA) is 68.4 Å². The lowest BCUT2D eigenvalue weighted by molar-refractivity contribution is 0.0790. The Kier molecular flexibility index (Phi) is 5.23. The van der Waals surface area contributed by atoms with Crippen molar-refractivity contribution in [3.63, 3.8) is 0 Å². The van der Waals surface area contributed by atoms with Crippen LogP contribution in [0.15, 0.2) is 54.7 Å². The van der Waals surface area contributed by atoms with Gasteiger partial charge in [-0.05, 0) is 42.2 Å². The monoisotopic (exact) mass is 363 g/mol. The minimum Gasteiger partial charge on any atom is -0.393 e. The van der Waals surface area contributed by atoms with Gasteiger partial charge in [0.05, 0.1) is 6.10 Å². The summed E-state index contributed by atoms with van der Waals surface area (Å²) >= 11 is 0. The van der Waals surface area contributed by atoms with Crippen molar-refractivity contribution in [2.75, 3.05) is 13.1 Å². The molecule has 5 heteroatoms. The Hall–Kier alpha value is -2.63. The Balaban J connectivity index is 1.44. The van der Waals surface area contributed by atoms with Gasteiger partial charge < -0.3 is 15.4 Å². The second-order valence-corrected chi connectivity index (χ2v) is 7.20. The average Bonchev–Trinajstić information content (AvgIpc) is 3.17. The highest BCUT2D eigenvalue weighted by Gasteiger charge is 2.18. The number of nitrogens with one attached hydrogen (secondary N) is 2. The van der Waals surface area contributed by atoms with Gasteiger partial charge in [0.1, 0.15) is 0 Å². The number of fused-ring (bicyclic) bond motifs is 1. The zero-order valence-corrected chi connectivity index (χ0v) is 15.3. The largest absolute Gasteiger partial charge is 0.393 e. The zero-order chi connectivity index (χ0) is 18.6. The lowest BCUT2D eigenvalue weighted by Gasteiger charge is -2.30. The van der Waals surface area contributed by atoms with Gasteiger partial charge in [0.2, 0.25) is 0 Å². The molecule has 0 bridgehead atoms. The fourth-order valence-electron chi connectivity index (χ4n) is 3.76. The molecule has 1 saturated heterocycles. The maximum Gasteiger partial charge on any atom is 0.252 e. The number of aromatic nitrogens is 1. The Morgan fingerprint density at radius 3 is 2.67 bits per heavy atom. The van der Waals surface area contributed by atoms with Crippen LogP contribution in [0.1, 0.15) is 34.3 Å². The average molecular weight is 363 g/mol. The van der Waals surface area contributed by atoms with E-state index in [1.54, 1.807) is 0 Å². The van der Waals surface area contributed by atoms with E-state index < -0.39 is 0 Å². The van der Waals surface area contributed by atoms with Crippen LogP contribution in [0.25, 0.3) is 10.9 Å². The summed E-state index contributed by atoms with van der Waals surface area (Å²) in [5, 5.41) is 13.7. The second-order valence-electron chi connectivity index (χ2n) is 7.20. The first-order valence-corrected chi connectivity index (χ1v) is 9.52. The summed E-state index contributed by atoms with van der Waals surface area (Å²) in [7, 11) is 0. The number of carbonyl (C=O) groups is 1. The van der Waals surface area contributed by atoms with E-state index in [0.717, 1.165) is 48.9 Å². The van der Waals surface area contributed by atoms with Gasteiger partial charge in [0.25, 0.3) is 5.91 Å². The summed E-state index contributed by atoms with van der Waals surface area (Å²) in [5.41, 5.74) is 4.03. The molecule has 1 amide bonds. The smallest absolute Gasteiger partial charge is 0.252 e. The Morgan fingerprint density at radius 2 is 1.85 bits per heavy atom. The van der Waals surface area contributed by atoms with Gasteiger partial charge in [-0.2, -0.15) is 0 Å². The van der Waals surface area contributed by atoms with Gasteiger partial charge in [-0.25, -0.2) is 0 Å². The molecule has 0 saturated carbocycles. The zero-order valence-electron chi connectivity index (χ0n) is 15.3. The normalized spacial score (nSPS) is 15.9. The van der Waals surface area contributed by atoms with E-state index in [1.165, 1.54) is 5.56 Å². The molecular weight excluding hydrogens is 338 g/mol. The minimum absolute atomic E-state index is 0.0592. The second kappa shape index (κ2) is 7.94. The highest BCUT2D eigenvalue weighted by Crippen LogP contribution is 2.19. The lowest BCUT2D eigenvalue weighted by atomic mass is 10.0. The fourth-order valence-corrected chi connectivity index (χ4v) is 3.76. The predicted octanol–water partition coefficient (Wildman–Crippen LogP) is 3.05. The maximum absolute atomic E-state index is 12.7. The summed E-state index contributed by atoms with van der Waals surface area (Å²) in [6, 6.07) is 15.9. The number of hydrogen-bond acceptors (Lipinski definition) is 3. The van der Waals surface area contributed by atoms with Gasteiger partial charge in [-0.1, -0.05) is 30.3 Å². The van der Waals surface area contributed by atoms with Crippen molar-refractivity contribution in [1.29, 1.82) is 0 Å². The Morgan fingerprint density at radius 1 is 1.07 bits per heavy atom. The van der Waals surface area contributed by atoms with Crippen molar-refractivity contribution in [2.24, 2.45) is 0 Å². The third kappa shape index (κ3) is 4.04. The number of nitrogens with zero attached hydrogens (tertiary/aromatic N) is 1. The van der Waals surface area contributed by atoms with Crippen molar-refractivity contribution >= 4 is 16.8 Å². The molecular formula is C22H25N3O2. The van der Waals surface area contributed by atoms with Crippen molar-refractivity contribution in [2.45, 2.75) is 32.0 Å². The number of aliphatic hydroxyl groups is 1. The number of carbonyl (C=O) groups excluding carboxylic acids is 1. The molecule has 140 valence electrons. The standard InChI is InChI=1S/C22H25N3O2/c26-18-9-12-25(13-10-18)15-17-5-2-1-4-16(17)14-24-22(27)20-6-3-7-21-19(20)8-11-23-21/h1-8,11,18,23,26H,9-10,12-15H2,(H,24,27). The van der Waals surface area contributed by atoms with Crippen molar-refractivity contribution in [1.82, 2.24) is 15.2 Å².